The quantitative estimate of drug-likeness (QED) is 0.238. The lowest BCUT2D eigenvalue weighted by Gasteiger charge is -2.33. The van der Waals surface area contributed by atoms with Crippen molar-refractivity contribution in [3.8, 4) is 12.3 Å². The second kappa shape index (κ2) is 8.97. The second-order valence-corrected chi connectivity index (χ2v) is 9.90. The summed E-state index contributed by atoms with van der Waals surface area (Å²) < 4.78 is 49.8. The molecule has 0 spiro atoms. The minimum atomic E-state index is -6.07. The van der Waals surface area contributed by atoms with Gasteiger partial charge in [0.05, 0.1) is 12.7 Å². The maximum Gasteiger partial charge on any atom is 0.330 e. The molecule has 0 aliphatic carbocycles. The third-order valence-corrected chi connectivity index (χ3v) is 7.13. The Morgan fingerprint density at radius 3 is 2.47 bits per heavy atom. The molecule has 2 rings (SSSR count). The molecular weight excluding hydrogens is 477 g/mol. The van der Waals surface area contributed by atoms with Crippen LogP contribution in [-0.2, 0) is 31.6 Å². The predicted octanol–water partition coefficient (Wildman–Crippen LogP) is -3.39. The Balaban J connectivity index is 2.06. The number of phosphoric ester groups is 1. The standard InChI is InChI=1S/C11H15N2O14P3/c1-2-6-4-13(11(16)12-10(6)15)9-3-7(14)8(25-9)5-24-29(20,21)27-30(22,23)26-28(17,18)19/h1,4,7-9,14H,3,5H2,(H,20,21)(H,22,23)(H,12,15,16)(H2,17,18,19)/p-3/t7?,8-,9-/m1/s1. The first kappa shape index (κ1) is 24.8. The monoisotopic (exact) mass is 489 g/mol. The van der Waals surface area contributed by atoms with E-state index in [1.54, 1.807) is 0 Å². The zero-order valence-electron chi connectivity index (χ0n) is 14.4. The molecule has 1 aromatic heterocycles. The lowest BCUT2D eigenvalue weighted by molar-refractivity contribution is -0.250. The highest BCUT2D eigenvalue weighted by Gasteiger charge is 2.37. The molecule has 1 aliphatic heterocycles. The number of ether oxygens (including phenoxy) is 1. The Labute approximate surface area is 166 Å². The molecule has 0 amide bonds. The highest BCUT2D eigenvalue weighted by atomic mass is 31.3. The first-order chi connectivity index (χ1) is 13.6. The first-order valence-electron chi connectivity index (χ1n) is 7.51. The van der Waals surface area contributed by atoms with E-state index in [-0.39, 0.29) is 12.0 Å². The Morgan fingerprint density at radius 1 is 1.27 bits per heavy atom. The molecule has 16 nitrogen and oxygen atoms in total. The van der Waals surface area contributed by atoms with Gasteiger partial charge in [-0.2, -0.15) is 0 Å². The molecule has 0 saturated carbocycles. The van der Waals surface area contributed by atoms with E-state index in [0.29, 0.717) is 0 Å². The number of phosphoric acid groups is 3. The molecule has 6 atom stereocenters. The van der Waals surface area contributed by atoms with Crippen LogP contribution in [0.3, 0.4) is 0 Å². The maximum absolute atomic E-state index is 11.9. The van der Waals surface area contributed by atoms with Gasteiger partial charge in [0.15, 0.2) is 0 Å². The molecular formula is C11H12N2O14P3-3. The van der Waals surface area contributed by atoms with Crippen molar-refractivity contribution in [1.29, 1.82) is 0 Å². The molecule has 1 aliphatic rings. The number of nitrogens with one attached hydrogen (secondary N) is 1. The van der Waals surface area contributed by atoms with Crippen LogP contribution in [0.1, 0.15) is 18.2 Å². The van der Waals surface area contributed by atoms with Gasteiger partial charge in [0.2, 0.25) is 0 Å². The highest BCUT2D eigenvalue weighted by Crippen LogP contribution is 2.61. The molecule has 1 fully saturated rings. The number of aliphatic hydroxyl groups excluding tert-OH is 1. The molecule has 30 heavy (non-hydrogen) atoms. The Morgan fingerprint density at radius 2 is 1.90 bits per heavy atom. The van der Waals surface area contributed by atoms with Crippen molar-refractivity contribution in [1.82, 2.24) is 9.55 Å². The molecule has 19 heteroatoms. The summed E-state index contributed by atoms with van der Waals surface area (Å²) in [5.41, 5.74) is -2.00. The fourth-order valence-corrected chi connectivity index (χ4v) is 5.19. The minimum Gasteiger partial charge on any atom is -0.756 e. The van der Waals surface area contributed by atoms with Gasteiger partial charge in [-0.1, -0.05) is 5.92 Å². The molecule has 1 saturated heterocycles. The lowest BCUT2D eigenvalue weighted by atomic mass is 10.2. The molecule has 1 aromatic rings. The van der Waals surface area contributed by atoms with Gasteiger partial charge >= 0.3 is 5.69 Å². The normalized spacial score (nSPS) is 27.5. The summed E-state index contributed by atoms with van der Waals surface area (Å²) in [6, 6.07) is 0. The van der Waals surface area contributed by atoms with Gasteiger partial charge in [-0.05, 0) is 0 Å². The van der Waals surface area contributed by atoms with Crippen molar-refractivity contribution in [3.05, 3.63) is 32.6 Å². The van der Waals surface area contributed by atoms with Crippen LogP contribution in [0.2, 0.25) is 0 Å². The number of hydrogen-bond donors (Lipinski definition) is 3. The fraction of sp³-hybridized carbons (Fsp3) is 0.455. The number of aliphatic hydroxyl groups is 1. The first-order valence-corrected chi connectivity index (χ1v) is 11.9. The van der Waals surface area contributed by atoms with E-state index in [2.05, 4.69) is 13.1 Å². The van der Waals surface area contributed by atoms with Crippen molar-refractivity contribution in [3.63, 3.8) is 0 Å². The second-order valence-electron chi connectivity index (χ2n) is 5.61. The van der Waals surface area contributed by atoms with Gasteiger partial charge in [0.1, 0.15) is 17.9 Å². The number of aromatic nitrogens is 2. The Bertz CT molecular complexity index is 1100. The van der Waals surface area contributed by atoms with Crippen LogP contribution in [0, 0.1) is 12.3 Å². The number of hydrogen-bond acceptors (Lipinski definition) is 13. The summed E-state index contributed by atoms with van der Waals surface area (Å²) in [6.07, 6.45) is 1.77. The van der Waals surface area contributed by atoms with Gasteiger partial charge in [-0.25, -0.2) is 13.4 Å². The summed E-state index contributed by atoms with van der Waals surface area (Å²) in [5, 5.41) is 9.96. The van der Waals surface area contributed by atoms with Crippen LogP contribution in [0.15, 0.2) is 15.8 Å². The molecule has 3 N–H and O–H groups in total. The van der Waals surface area contributed by atoms with Crippen molar-refractivity contribution in [2.24, 2.45) is 0 Å². The van der Waals surface area contributed by atoms with Crippen LogP contribution < -0.4 is 25.9 Å². The summed E-state index contributed by atoms with van der Waals surface area (Å²) in [5.74, 6) is 2.02. The largest absolute Gasteiger partial charge is 0.756 e. The number of nitrogens with zero attached hydrogens (tertiary/aromatic N) is 1. The minimum absolute atomic E-state index is 0.226. The summed E-state index contributed by atoms with van der Waals surface area (Å²) in [4.78, 5) is 66.6. The third kappa shape index (κ3) is 6.79. The highest BCUT2D eigenvalue weighted by molar-refractivity contribution is 7.65. The van der Waals surface area contributed by atoms with Crippen LogP contribution in [0.25, 0.3) is 0 Å². The molecule has 2 heterocycles. The van der Waals surface area contributed by atoms with Crippen molar-refractivity contribution < 1.29 is 56.3 Å². The molecule has 4 unspecified atom stereocenters. The fourth-order valence-electron chi connectivity index (χ4n) is 2.29. The van der Waals surface area contributed by atoms with E-state index in [9.17, 15) is 43.1 Å². The Hall–Kier alpha value is -1.43. The smallest absolute Gasteiger partial charge is 0.330 e. The van der Waals surface area contributed by atoms with Crippen molar-refractivity contribution in [2.45, 2.75) is 24.9 Å². The van der Waals surface area contributed by atoms with Crippen LogP contribution in [0.5, 0.6) is 0 Å². The number of H-pyrrole nitrogens is 1. The van der Waals surface area contributed by atoms with E-state index >= 15 is 0 Å². The summed E-state index contributed by atoms with van der Waals surface area (Å²) >= 11 is 0. The number of rotatable bonds is 8. The Kier molecular flexibility index (Phi) is 7.43. The molecule has 0 bridgehead atoms. The van der Waals surface area contributed by atoms with E-state index in [4.69, 9.17) is 16.1 Å². The van der Waals surface area contributed by atoms with E-state index < -0.39 is 59.8 Å². The van der Waals surface area contributed by atoms with Gasteiger partial charge < -0.3 is 33.9 Å². The van der Waals surface area contributed by atoms with Gasteiger partial charge in [-0.15, -0.1) is 6.42 Å². The molecule has 168 valence electrons. The molecule has 0 radical (unpaired) electrons. The third-order valence-electron chi connectivity index (χ3n) is 3.44. The predicted molar refractivity (Wildman–Crippen MR) is 87.0 cm³/mol. The van der Waals surface area contributed by atoms with Crippen molar-refractivity contribution >= 4 is 23.5 Å². The van der Waals surface area contributed by atoms with Crippen LogP contribution in [0.4, 0.5) is 0 Å². The lowest BCUT2D eigenvalue weighted by Crippen LogP contribution is -2.33. The summed E-state index contributed by atoms with van der Waals surface area (Å²) in [6.45, 7) is -1.02. The van der Waals surface area contributed by atoms with Crippen LogP contribution in [-0.4, -0.2) is 38.4 Å². The van der Waals surface area contributed by atoms with E-state index in [1.807, 2.05) is 10.9 Å². The zero-order chi connectivity index (χ0) is 22.9. The van der Waals surface area contributed by atoms with Gasteiger partial charge in [0.25, 0.3) is 29.0 Å². The van der Waals surface area contributed by atoms with E-state index in [1.165, 1.54) is 0 Å². The number of terminal acetylenes is 1. The average molecular weight is 489 g/mol. The average Bonchev–Trinajstić information content (AvgIpc) is 2.90. The van der Waals surface area contributed by atoms with Crippen LogP contribution >= 0.6 is 23.5 Å². The van der Waals surface area contributed by atoms with Crippen molar-refractivity contribution in [2.75, 3.05) is 6.61 Å². The zero-order valence-corrected chi connectivity index (χ0v) is 17.1. The molecule has 0 aromatic carbocycles. The SMILES string of the molecule is C#Cc1cn([C@H]2CC(O)[C@@H](COP(=O)([O-])OP(=O)([O-])OP(=O)([O-])O)O2)c(=O)[nH]c1=O. The topological polar surface area (TPSA) is 253 Å². The van der Waals surface area contributed by atoms with Gasteiger partial charge in [-0.3, -0.25) is 28.0 Å². The maximum atomic E-state index is 11.9. The summed E-state index contributed by atoms with van der Waals surface area (Å²) in [7, 11) is -17.7. The van der Waals surface area contributed by atoms with E-state index in [0.717, 1.165) is 10.8 Å². The van der Waals surface area contributed by atoms with Gasteiger partial charge in [0, 0.05) is 12.6 Å². The number of aromatic amines is 1.